The van der Waals surface area contributed by atoms with Crippen LogP contribution in [0.1, 0.15) is 19.4 Å². The van der Waals surface area contributed by atoms with Gasteiger partial charge in [-0.05, 0) is 32.0 Å². The lowest BCUT2D eigenvalue weighted by Crippen LogP contribution is -2.24. The van der Waals surface area contributed by atoms with E-state index in [1.54, 1.807) is 18.2 Å². The third kappa shape index (κ3) is 2.71. The van der Waals surface area contributed by atoms with Gasteiger partial charge in [-0.3, -0.25) is 4.98 Å². The summed E-state index contributed by atoms with van der Waals surface area (Å²) >= 11 is 0. The number of ether oxygens (including phenoxy) is 1. The fourth-order valence-corrected chi connectivity index (χ4v) is 3.21. The van der Waals surface area contributed by atoms with Gasteiger partial charge in [-0.15, -0.1) is 0 Å². The third-order valence-electron chi connectivity index (χ3n) is 3.18. The summed E-state index contributed by atoms with van der Waals surface area (Å²) in [6.07, 6.45) is 3.47. The molecule has 0 bridgehead atoms. The van der Waals surface area contributed by atoms with Gasteiger partial charge in [0, 0.05) is 24.4 Å². The van der Waals surface area contributed by atoms with Crippen molar-refractivity contribution in [2.24, 2.45) is 0 Å². The molecular formula is C15H15NO4S. The molecule has 110 valence electrons. The molecule has 1 aromatic heterocycles. The molecule has 5 nitrogen and oxygen atoms in total. The number of hydrogen-bond donors (Lipinski definition) is 0. The summed E-state index contributed by atoms with van der Waals surface area (Å²) in [6.45, 7) is 3.90. The van der Waals surface area contributed by atoms with Gasteiger partial charge in [0.1, 0.15) is 10.5 Å². The number of hydrogen-bond acceptors (Lipinski definition) is 5. The lowest BCUT2D eigenvalue weighted by Gasteiger charge is -2.18. The van der Waals surface area contributed by atoms with Gasteiger partial charge in [-0.2, -0.15) is 8.42 Å². The predicted octanol–water partition coefficient (Wildman–Crippen LogP) is 2.56. The Morgan fingerprint density at radius 2 is 2.05 bits per heavy atom. The second-order valence-electron chi connectivity index (χ2n) is 5.51. The van der Waals surface area contributed by atoms with Crippen LogP contribution in [0, 0.1) is 0 Å². The molecule has 1 aromatic carbocycles. The van der Waals surface area contributed by atoms with Gasteiger partial charge in [0.15, 0.2) is 11.5 Å². The molecule has 1 aliphatic rings. The quantitative estimate of drug-likeness (QED) is 0.815. The first-order valence-electron chi connectivity index (χ1n) is 6.53. The van der Waals surface area contributed by atoms with Crippen molar-refractivity contribution in [3.05, 3.63) is 48.3 Å². The van der Waals surface area contributed by atoms with Crippen molar-refractivity contribution in [2.75, 3.05) is 0 Å². The summed E-state index contributed by atoms with van der Waals surface area (Å²) in [4.78, 5) is 3.81. The Balaban J connectivity index is 1.96. The molecule has 0 saturated heterocycles. The molecule has 0 saturated carbocycles. The molecule has 0 N–H and O–H groups in total. The number of para-hydroxylation sites is 1. The first-order chi connectivity index (χ1) is 9.87. The standard InChI is InChI=1S/C15H15NO4S/c1-15(2)9-11-5-3-7-13(14(11)19-15)20-21(17,18)12-6-4-8-16-10-12/h3-8,10H,9H2,1-2H3. The largest absolute Gasteiger partial charge is 0.483 e. The smallest absolute Gasteiger partial charge is 0.340 e. The van der Waals surface area contributed by atoms with Gasteiger partial charge in [0.2, 0.25) is 0 Å². The topological polar surface area (TPSA) is 65.5 Å². The number of benzene rings is 1. The average molecular weight is 305 g/mol. The zero-order valence-electron chi connectivity index (χ0n) is 11.7. The van der Waals surface area contributed by atoms with Crippen molar-refractivity contribution in [2.45, 2.75) is 30.8 Å². The SMILES string of the molecule is CC1(C)Cc2cccc(OS(=O)(=O)c3cccnc3)c2O1. The van der Waals surface area contributed by atoms with Gasteiger partial charge in [0.25, 0.3) is 0 Å². The van der Waals surface area contributed by atoms with Crippen molar-refractivity contribution >= 4 is 10.1 Å². The molecule has 0 amide bonds. The van der Waals surface area contributed by atoms with E-state index in [-0.39, 0.29) is 16.2 Å². The summed E-state index contributed by atoms with van der Waals surface area (Å²) in [5.74, 6) is 0.705. The maximum atomic E-state index is 12.2. The van der Waals surface area contributed by atoms with Crippen LogP contribution in [0.2, 0.25) is 0 Å². The summed E-state index contributed by atoms with van der Waals surface area (Å²) in [6, 6.07) is 8.25. The first kappa shape index (κ1) is 13.9. The number of rotatable bonds is 3. The number of aromatic nitrogens is 1. The van der Waals surface area contributed by atoms with Crippen LogP contribution in [0.25, 0.3) is 0 Å². The molecule has 3 rings (SSSR count). The fraction of sp³-hybridized carbons (Fsp3) is 0.267. The number of pyridine rings is 1. The van der Waals surface area contributed by atoms with Crippen LogP contribution in [0.3, 0.4) is 0 Å². The maximum absolute atomic E-state index is 12.2. The fourth-order valence-electron chi connectivity index (χ4n) is 2.31. The van der Waals surface area contributed by atoms with Crippen LogP contribution in [-0.2, 0) is 16.5 Å². The van der Waals surface area contributed by atoms with E-state index in [1.165, 1.54) is 18.5 Å². The molecule has 0 fully saturated rings. The molecular weight excluding hydrogens is 290 g/mol. The van der Waals surface area contributed by atoms with E-state index in [0.29, 0.717) is 12.2 Å². The van der Waals surface area contributed by atoms with E-state index in [0.717, 1.165) is 5.56 Å². The van der Waals surface area contributed by atoms with Crippen molar-refractivity contribution in [1.82, 2.24) is 4.98 Å². The monoisotopic (exact) mass is 305 g/mol. The van der Waals surface area contributed by atoms with E-state index >= 15 is 0 Å². The van der Waals surface area contributed by atoms with Crippen LogP contribution in [0.15, 0.2) is 47.6 Å². The summed E-state index contributed by atoms with van der Waals surface area (Å²) < 4.78 is 35.5. The summed E-state index contributed by atoms with van der Waals surface area (Å²) in [7, 11) is -3.91. The van der Waals surface area contributed by atoms with Gasteiger partial charge >= 0.3 is 10.1 Å². The second-order valence-corrected chi connectivity index (χ2v) is 7.06. The number of nitrogens with zero attached hydrogens (tertiary/aromatic N) is 1. The van der Waals surface area contributed by atoms with E-state index in [2.05, 4.69) is 4.98 Å². The number of fused-ring (bicyclic) bond motifs is 1. The van der Waals surface area contributed by atoms with Gasteiger partial charge in [-0.25, -0.2) is 0 Å². The average Bonchev–Trinajstić information content (AvgIpc) is 2.75. The van der Waals surface area contributed by atoms with Crippen LogP contribution in [0.4, 0.5) is 0 Å². The van der Waals surface area contributed by atoms with Crippen molar-refractivity contribution in [3.8, 4) is 11.5 Å². The molecule has 0 unspecified atom stereocenters. The Hall–Kier alpha value is -2.08. The van der Waals surface area contributed by atoms with Crippen molar-refractivity contribution < 1.29 is 17.3 Å². The molecule has 0 atom stereocenters. The zero-order chi connectivity index (χ0) is 15.1. The van der Waals surface area contributed by atoms with Crippen molar-refractivity contribution in [3.63, 3.8) is 0 Å². The highest BCUT2D eigenvalue weighted by molar-refractivity contribution is 7.87. The van der Waals surface area contributed by atoms with Crippen molar-refractivity contribution in [1.29, 1.82) is 0 Å². The summed E-state index contributed by atoms with van der Waals surface area (Å²) in [5, 5.41) is 0. The normalized spacial score (nSPS) is 16.1. The highest BCUT2D eigenvalue weighted by Gasteiger charge is 2.33. The Morgan fingerprint density at radius 1 is 1.24 bits per heavy atom. The Kier molecular flexibility index (Phi) is 3.13. The Morgan fingerprint density at radius 3 is 2.76 bits per heavy atom. The molecule has 0 aliphatic carbocycles. The lowest BCUT2D eigenvalue weighted by atomic mass is 10.0. The minimum Gasteiger partial charge on any atom is -0.483 e. The van der Waals surface area contributed by atoms with Crippen LogP contribution < -0.4 is 8.92 Å². The minimum atomic E-state index is -3.91. The van der Waals surface area contributed by atoms with E-state index in [9.17, 15) is 8.42 Å². The zero-order valence-corrected chi connectivity index (χ0v) is 12.6. The van der Waals surface area contributed by atoms with Gasteiger partial charge in [0.05, 0.1) is 0 Å². The van der Waals surface area contributed by atoms with Crippen LogP contribution in [-0.4, -0.2) is 19.0 Å². The molecule has 2 heterocycles. The maximum Gasteiger partial charge on any atom is 0.340 e. The Bertz CT molecular complexity index is 770. The molecule has 1 aliphatic heterocycles. The molecule has 6 heteroatoms. The third-order valence-corrected chi connectivity index (χ3v) is 4.40. The van der Waals surface area contributed by atoms with Crippen LogP contribution >= 0.6 is 0 Å². The molecule has 2 aromatic rings. The molecule has 0 radical (unpaired) electrons. The second kappa shape index (κ2) is 4.73. The van der Waals surface area contributed by atoms with Crippen LogP contribution in [0.5, 0.6) is 11.5 Å². The highest BCUT2D eigenvalue weighted by atomic mass is 32.2. The summed E-state index contributed by atoms with van der Waals surface area (Å²) in [5.41, 5.74) is 0.582. The van der Waals surface area contributed by atoms with Gasteiger partial charge in [-0.1, -0.05) is 12.1 Å². The van der Waals surface area contributed by atoms with E-state index in [1.807, 2.05) is 19.9 Å². The van der Waals surface area contributed by atoms with E-state index in [4.69, 9.17) is 8.92 Å². The first-order valence-corrected chi connectivity index (χ1v) is 7.94. The highest BCUT2D eigenvalue weighted by Crippen LogP contribution is 2.42. The lowest BCUT2D eigenvalue weighted by molar-refractivity contribution is 0.136. The molecule has 21 heavy (non-hydrogen) atoms. The minimum absolute atomic E-state index is 0.0138. The van der Waals surface area contributed by atoms with E-state index < -0.39 is 10.1 Å². The van der Waals surface area contributed by atoms with Gasteiger partial charge < -0.3 is 8.92 Å². The predicted molar refractivity (Wildman–Crippen MR) is 76.9 cm³/mol. The molecule has 0 spiro atoms. The Labute approximate surface area is 123 Å².